The number of carbonyl (C=O) groups is 3. The van der Waals surface area contributed by atoms with Crippen LogP contribution in [0.5, 0.6) is 5.75 Å². The summed E-state index contributed by atoms with van der Waals surface area (Å²) in [5.41, 5.74) is 0.449. The first-order chi connectivity index (χ1) is 10.8. The summed E-state index contributed by atoms with van der Waals surface area (Å²) >= 11 is 0. The van der Waals surface area contributed by atoms with Gasteiger partial charge in [-0.15, -0.1) is 0 Å². The van der Waals surface area contributed by atoms with Crippen LogP contribution in [0.1, 0.15) is 6.92 Å². The molecule has 0 saturated heterocycles. The maximum atomic E-state index is 11.6. The Kier molecular flexibility index (Phi) is 6.79. The topological polar surface area (TPSA) is 153 Å². The molecule has 0 aromatic heterocycles. The van der Waals surface area contributed by atoms with Crippen molar-refractivity contribution in [1.82, 2.24) is 0 Å². The summed E-state index contributed by atoms with van der Waals surface area (Å²) in [7, 11) is 0. The van der Waals surface area contributed by atoms with Crippen LogP contribution >= 0.6 is 0 Å². The third-order valence-electron chi connectivity index (χ3n) is 2.76. The maximum Gasteiger partial charge on any atom is 0.382 e. The van der Waals surface area contributed by atoms with E-state index in [1.54, 1.807) is 0 Å². The van der Waals surface area contributed by atoms with Crippen LogP contribution in [0.2, 0.25) is 0 Å². The molecule has 126 valence electrons. The van der Waals surface area contributed by atoms with Crippen molar-refractivity contribution >= 4 is 23.3 Å². The third-order valence-corrected chi connectivity index (χ3v) is 2.76. The highest BCUT2D eigenvalue weighted by molar-refractivity contribution is 6.36. The van der Waals surface area contributed by atoms with Crippen molar-refractivity contribution < 1.29 is 39.5 Å². The van der Waals surface area contributed by atoms with Crippen LogP contribution in [-0.4, -0.2) is 63.0 Å². The molecule has 1 aromatic carbocycles. The van der Waals surface area contributed by atoms with E-state index in [1.165, 1.54) is 31.2 Å². The summed E-state index contributed by atoms with van der Waals surface area (Å²) in [6, 6.07) is 5.47. The zero-order valence-electron chi connectivity index (χ0n) is 12.2. The average molecular weight is 327 g/mol. The van der Waals surface area contributed by atoms with Crippen LogP contribution < -0.4 is 10.1 Å². The lowest BCUT2D eigenvalue weighted by atomic mass is 10.0. The number of esters is 1. The number of rotatable bonds is 7. The van der Waals surface area contributed by atoms with Gasteiger partial charge >= 0.3 is 5.97 Å². The lowest BCUT2D eigenvalue weighted by molar-refractivity contribution is -0.157. The molecule has 3 atom stereocenters. The molecule has 0 fully saturated rings. The lowest BCUT2D eigenvalue weighted by Gasteiger charge is -2.19. The fourth-order valence-corrected chi connectivity index (χ4v) is 1.56. The minimum Gasteiger partial charge on any atom is -0.421 e. The number of hydrogen-bond donors (Lipinski definition) is 5. The van der Waals surface area contributed by atoms with Gasteiger partial charge < -0.3 is 30.5 Å². The first kappa shape index (κ1) is 18.7. The van der Waals surface area contributed by atoms with Gasteiger partial charge in [0.25, 0.3) is 5.78 Å². The second kappa shape index (κ2) is 8.34. The molecule has 5 N–H and O–H groups in total. The van der Waals surface area contributed by atoms with Crippen LogP contribution in [0.3, 0.4) is 0 Å². The third kappa shape index (κ3) is 5.42. The Morgan fingerprint density at radius 2 is 1.70 bits per heavy atom. The van der Waals surface area contributed by atoms with Gasteiger partial charge in [0, 0.05) is 12.6 Å². The number of hydrogen-bond acceptors (Lipinski definition) is 8. The van der Waals surface area contributed by atoms with E-state index in [2.05, 4.69) is 5.32 Å². The molecule has 0 aliphatic carbocycles. The van der Waals surface area contributed by atoms with Gasteiger partial charge in [0.2, 0.25) is 5.91 Å². The van der Waals surface area contributed by atoms with Crippen LogP contribution in [0, 0.1) is 0 Å². The Hall–Kier alpha value is -2.33. The van der Waals surface area contributed by atoms with Gasteiger partial charge in [-0.1, -0.05) is 0 Å². The smallest absolute Gasteiger partial charge is 0.382 e. The number of ketones is 1. The molecular weight excluding hydrogens is 310 g/mol. The number of carbonyl (C=O) groups excluding carboxylic acids is 3. The normalized spacial score (nSPS) is 14.5. The fourth-order valence-electron chi connectivity index (χ4n) is 1.56. The van der Waals surface area contributed by atoms with Crippen molar-refractivity contribution in [2.45, 2.75) is 25.2 Å². The summed E-state index contributed by atoms with van der Waals surface area (Å²) < 4.78 is 4.70. The number of ether oxygens (including phenoxy) is 1. The van der Waals surface area contributed by atoms with Gasteiger partial charge in [0.15, 0.2) is 6.10 Å². The van der Waals surface area contributed by atoms with E-state index in [9.17, 15) is 24.6 Å². The molecule has 0 heterocycles. The molecule has 0 spiro atoms. The van der Waals surface area contributed by atoms with Gasteiger partial charge in [0.05, 0.1) is 6.61 Å². The fraction of sp³-hybridized carbons (Fsp3) is 0.357. The second-order valence-electron chi connectivity index (χ2n) is 4.64. The molecule has 0 bridgehead atoms. The molecule has 0 aliphatic rings. The van der Waals surface area contributed by atoms with Gasteiger partial charge in [-0.25, -0.2) is 4.79 Å². The zero-order valence-corrected chi connectivity index (χ0v) is 12.2. The van der Waals surface area contributed by atoms with E-state index in [-0.39, 0.29) is 11.7 Å². The number of benzene rings is 1. The molecule has 9 nitrogen and oxygen atoms in total. The van der Waals surface area contributed by atoms with Crippen molar-refractivity contribution in [2.75, 3.05) is 11.9 Å². The Bertz CT molecular complexity index is 571. The molecule has 0 aliphatic heterocycles. The predicted octanol–water partition coefficient (Wildman–Crippen LogP) is -1.81. The van der Waals surface area contributed by atoms with Crippen LogP contribution in [-0.2, 0) is 14.4 Å². The first-order valence-corrected chi connectivity index (χ1v) is 6.55. The Labute approximate surface area is 131 Å². The van der Waals surface area contributed by atoms with E-state index in [0.29, 0.717) is 5.69 Å². The molecule has 0 radical (unpaired) electrons. The lowest BCUT2D eigenvalue weighted by Crippen LogP contribution is -2.47. The minimum absolute atomic E-state index is 0.0261. The van der Waals surface area contributed by atoms with Crippen molar-refractivity contribution in [3.63, 3.8) is 0 Å². The molecule has 23 heavy (non-hydrogen) atoms. The number of anilines is 1. The Morgan fingerprint density at radius 1 is 1.13 bits per heavy atom. The summed E-state index contributed by atoms with van der Waals surface area (Å²) in [6.07, 6.45) is -6.04. The van der Waals surface area contributed by atoms with Crippen molar-refractivity contribution in [3.05, 3.63) is 24.3 Å². The molecule has 0 saturated carbocycles. The second-order valence-corrected chi connectivity index (χ2v) is 4.64. The van der Waals surface area contributed by atoms with E-state index in [0.717, 1.165) is 0 Å². The van der Waals surface area contributed by atoms with Crippen LogP contribution in [0.15, 0.2) is 24.3 Å². The standard InChI is InChI=1S/C14H17NO8/c1-7(17)15-8-2-4-9(5-3-8)23-14(22)13(21)12(20)11(19)10(18)6-16/h2-5,10-12,16,18-20H,6H2,1H3,(H,15,17)/t10-,11+,12?/m1/s1. The van der Waals surface area contributed by atoms with Crippen molar-refractivity contribution in [2.24, 2.45) is 0 Å². The summed E-state index contributed by atoms with van der Waals surface area (Å²) in [5, 5.41) is 39.1. The monoisotopic (exact) mass is 327 g/mol. The number of Topliss-reactive ketones (excluding diaryl/α,β-unsaturated/α-hetero) is 1. The quantitative estimate of drug-likeness (QED) is 0.223. The molecule has 1 rings (SSSR count). The van der Waals surface area contributed by atoms with Gasteiger partial charge in [-0.05, 0) is 24.3 Å². The summed E-state index contributed by atoms with van der Waals surface area (Å²) in [5.74, 6) is -3.24. The van der Waals surface area contributed by atoms with Crippen molar-refractivity contribution in [3.8, 4) is 5.75 Å². The number of aliphatic hydroxyl groups excluding tert-OH is 4. The molecule has 9 heteroatoms. The van der Waals surface area contributed by atoms with Gasteiger partial charge in [-0.3, -0.25) is 9.59 Å². The highest BCUT2D eigenvalue weighted by Crippen LogP contribution is 2.16. The summed E-state index contributed by atoms with van der Waals surface area (Å²) in [4.78, 5) is 34.0. The molecule has 1 amide bonds. The molecule has 1 unspecified atom stereocenters. The number of nitrogens with one attached hydrogen (secondary N) is 1. The molecular formula is C14H17NO8. The van der Waals surface area contributed by atoms with Gasteiger partial charge in [-0.2, -0.15) is 0 Å². The highest BCUT2D eigenvalue weighted by Gasteiger charge is 2.34. The Balaban J connectivity index is 2.68. The van der Waals surface area contributed by atoms with Gasteiger partial charge in [0.1, 0.15) is 18.0 Å². The highest BCUT2D eigenvalue weighted by atomic mass is 16.5. The van der Waals surface area contributed by atoms with Crippen molar-refractivity contribution in [1.29, 1.82) is 0 Å². The van der Waals surface area contributed by atoms with Crippen LogP contribution in [0.25, 0.3) is 0 Å². The SMILES string of the molecule is CC(=O)Nc1ccc(OC(=O)C(=O)C(O)[C@@H](O)[C@H](O)CO)cc1. The first-order valence-electron chi connectivity index (χ1n) is 6.55. The zero-order chi connectivity index (χ0) is 17.6. The average Bonchev–Trinajstić information content (AvgIpc) is 2.53. The van der Waals surface area contributed by atoms with E-state index in [4.69, 9.17) is 14.9 Å². The number of amides is 1. The van der Waals surface area contributed by atoms with Crippen LogP contribution in [0.4, 0.5) is 5.69 Å². The molecule has 1 aromatic rings. The maximum absolute atomic E-state index is 11.6. The van der Waals surface area contributed by atoms with E-state index < -0.39 is 36.7 Å². The summed E-state index contributed by atoms with van der Waals surface area (Å²) in [6.45, 7) is 0.422. The van der Waals surface area contributed by atoms with E-state index >= 15 is 0 Å². The van der Waals surface area contributed by atoms with E-state index in [1.807, 2.05) is 0 Å². The number of aliphatic hydroxyl groups is 4. The largest absolute Gasteiger partial charge is 0.421 e. The minimum atomic E-state index is -2.23. The predicted molar refractivity (Wildman–Crippen MR) is 76.5 cm³/mol. The Morgan fingerprint density at radius 3 is 2.17 bits per heavy atom.